The second-order valence-electron chi connectivity index (χ2n) is 6.84. The molecule has 0 bridgehead atoms. The van der Waals surface area contributed by atoms with Gasteiger partial charge in [-0.05, 0) is 35.4 Å². The number of ether oxygens (including phenoxy) is 1. The van der Waals surface area contributed by atoms with Crippen molar-refractivity contribution in [2.75, 3.05) is 6.54 Å². The fourth-order valence-electron chi connectivity index (χ4n) is 3.11. The Labute approximate surface area is 189 Å². The molecule has 0 aliphatic rings. The van der Waals surface area contributed by atoms with Gasteiger partial charge in [0.05, 0.1) is 16.6 Å². The van der Waals surface area contributed by atoms with Gasteiger partial charge in [0.25, 0.3) is 5.91 Å². The van der Waals surface area contributed by atoms with Crippen molar-refractivity contribution in [1.29, 1.82) is 0 Å². The lowest BCUT2D eigenvalue weighted by atomic mass is 9.98. The monoisotopic (exact) mass is 458 g/mol. The molecule has 0 radical (unpaired) electrons. The predicted octanol–water partition coefficient (Wildman–Crippen LogP) is 4.97. The zero-order valence-electron chi connectivity index (χ0n) is 16.9. The molecule has 32 heavy (non-hydrogen) atoms. The first-order valence-corrected chi connectivity index (χ1v) is 10.2. The molecule has 3 aromatic carbocycles. The van der Waals surface area contributed by atoms with Crippen LogP contribution in [0.5, 0.6) is 5.75 Å². The molecule has 0 aliphatic carbocycles. The van der Waals surface area contributed by atoms with Crippen molar-refractivity contribution in [2.45, 2.75) is 19.1 Å². The lowest BCUT2D eigenvalue weighted by Gasteiger charge is -2.20. The van der Waals surface area contributed by atoms with E-state index >= 15 is 0 Å². The number of rotatable bonds is 9. The molecule has 3 aromatic rings. The zero-order chi connectivity index (χ0) is 22.9. The van der Waals surface area contributed by atoms with E-state index in [-0.39, 0.29) is 30.5 Å². The highest BCUT2D eigenvalue weighted by molar-refractivity contribution is 6.33. The lowest BCUT2D eigenvalue weighted by molar-refractivity contribution is -0.121. The Bertz CT molecular complexity index is 1050. The highest BCUT2D eigenvalue weighted by Gasteiger charge is 2.18. The van der Waals surface area contributed by atoms with Gasteiger partial charge in [-0.2, -0.15) is 8.78 Å². The van der Waals surface area contributed by atoms with Crippen LogP contribution < -0.4 is 15.4 Å². The topological polar surface area (TPSA) is 67.4 Å². The van der Waals surface area contributed by atoms with Crippen molar-refractivity contribution in [2.24, 2.45) is 0 Å². The highest BCUT2D eigenvalue weighted by atomic mass is 35.5. The van der Waals surface area contributed by atoms with Crippen molar-refractivity contribution in [3.05, 3.63) is 101 Å². The van der Waals surface area contributed by atoms with E-state index in [2.05, 4.69) is 15.4 Å². The van der Waals surface area contributed by atoms with E-state index in [4.69, 9.17) is 11.6 Å². The van der Waals surface area contributed by atoms with Crippen LogP contribution in [0.15, 0.2) is 78.9 Å². The molecule has 3 rings (SSSR count). The molecule has 0 fully saturated rings. The Morgan fingerprint density at radius 3 is 2.16 bits per heavy atom. The van der Waals surface area contributed by atoms with E-state index in [1.54, 1.807) is 36.4 Å². The average Bonchev–Trinajstić information content (AvgIpc) is 2.78. The molecule has 0 spiro atoms. The Morgan fingerprint density at radius 2 is 1.50 bits per heavy atom. The number of amides is 2. The summed E-state index contributed by atoms with van der Waals surface area (Å²) in [6.07, 6.45) is 0.0477. The molecule has 0 aromatic heterocycles. The summed E-state index contributed by atoms with van der Waals surface area (Å²) >= 11 is 6.01. The van der Waals surface area contributed by atoms with E-state index in [0.29, 0.717) is 16.1 Å². The summed E-state index contributed by atoms with van der Waals surface area (Å²) in [6, 6.07) is 21.5. The standard InChI is InChI=1S/C24H21ClF2N2O3/c25-20-9-5-4-8-19(20)23(31)28-15-14-21(30)29-22(16-6-2-1-3-7-16)17-10-12-18(13-11-17)32-24(26)27/h1-13,22,24H,14-15H2,(H,28,31)(H,29,30). The first kappa shape index (κ1) is 23.2. The minimum absolute atomic E-state index is 0.0316. The SMILES string of the molecule is O=C(CCNC(=O)c1ccccc1Cl)NC(c1ccccc1)c1ccc(OC(F)F)cc1. The molecule has 8 heteroatoms. The molecule has 2 N–H and O–H groups in total. The minimum Gasteiger partial charge on any atom is -0.435 e. The molecule has 0 aliphatic heterocycles. The Morgan fingerprint density at radius 1 is 0.875 bits per heavy atom. The summed E-state index contributed by atoms with van der Waals surface area (Å²) in [5, 5.41) is 5.94. The molecule has 0 saturated carbocycles. The van der Waals surface area contributed by atoms with Crippen LogP contribution in [0.3, 0.4) is 0 Å². The summed E-state index contributed by atoms with van der Waals surface area (Å²) in [5.41, 5.74) is 1.86. The average molecular weight is 459 g/mol. The van der Waals surface area contributed by atoms with Gasteiger partial charge in [-0.15, -0.1) is 0 Å². The van der Waals surface area contributed by atoms with Crippen LogP contribution in [0.2, 0.25) is 5.02 Å². The molecular weight excluding hydrogens is 438 g/mol. The minimum atomic E-state index is -2.91. The van der Waals surface area contributed by atoms with Crippen LogP contribution in [0, 0.1) is 0 Å². The summed E-state index contributed by atoms with van der Waals surface area (Å²) in [5.74, 6) is -0.618. The Kier molecular flexibility index (Phi) is 8.16. The van der Waals surface area contributed by atoms with E-state index < -0.39 is 12.7 Å². The maximum absolute atomic E-state index is 12.6. The highest BCUT2D eigenvalue weighted by Crippen LogP contribution is 2.25. The van der Waals surface area contributed by atoms with Crippen molar-refractivity contribution in [1.82, 2.24) is 10.6 Å². The summed E-state index contributed by atoms with van der Waals surface area (Å²) in [6.45, 7) is -2.79. The lowest BCUT2D eigenvalue weighted by Crippen LogP contribution is -2.33. The first-order valence-electron chi connectivity index (χ1n) is 9.86. The maximum atomic E-state index is 12.6. The van der Waals surface area contributed by atoms with Gasteiger partial charge in [0, 0.05) is 13.0 Å². The van der Waals surface area contributed by atoms with Gasteiger partial charge in [-0.3, -0.25) is 9.59 Å². The van der Waals surface area contributed by atoms with Gasteiger partial charge in [-0.1, -0.05) is 66.2 Å². The van der Waals surface area contributed by atoms with Crippen LogP contribution in [-0.4, -0.2) is 25.0 Å². The van der Waals surface area contributed by atoms with Gasteiger partial charge in [0.2, 0.25) is 5.91 Å². The van der Waals surface area contributed by atoms with E-state index in [1.807, 2.05) is 30.3 Å². The van der Waals surface area contributed by atoms with Gasteiger partial charge in [-0.25, -0.2) is 0 Å². The summed E-state index contributed by atoms with van der Waals surface area (Å²) < 4.78 is 29.2. The van der Waals surface area contributed by atoms with E-state index in [9.17, 15) is 18.4 Å². The van der Waals surface area contributed by atoms with Gasteiger partial charge in [0.15, 0.2) is 0 Å². The Hall–Kier alpha value is -3.45. The second-order valence-corrected chi connectivity index (χ2v) is 7.25. The molecule has 0 heterocycles. The van der Waals surface area contributed by atoms with Gasteiger partial charge < -0.3 is 15.4 Å². The zero-order valence-corrected chi connectivity index (χ0v) is 17.7. The van der Waals surface area contributed by atoms with Crippen molar-refractivity contribution in [3.8, 4) is 5.75 Å². The first-order chi connectivity index (χ1) is 15.4. The van der Waals surface area contributed by atoms with E-state index in [1.165, 1.54) is 12.1 Å². The molecule has 166 valence electrons. The Balaban J connectivity index is 1.64. The third-order valence-electron chi connectivity index (χ3n) is 4.63. The smallest absolute Gasteiger partial charge is 0.387 e. The van der Waals surface area contributed by atoms with Gasteiger partial charge in [0.1, 0.15) is 5.75 Å². The number of hydrogen-bond donors (Lipinski definition) is 2. The predicted molar refractivity (Wildman–Crippen MR) is 118 cm³/mol. The maximum Gasteiger partial charge on any atom is 0.387 e. The normalized spacial score (nSPS) is 11.6. The number of carbonyl (C=O) groups is 2. The molecule has 0 saturated heterocycles. The molecule has 1 unspecified atom stereocenters. The van der Waals surface area contributed by atoms with Crippen LogP contribution in [0.1, 0.15) is 33.9 Å². The van der Waals surface area contributed by atoms with Gasteiger partial charge >= 0.3 is 6.61 Å². The summed E-state index contributed by atoms with van der Waals surface area (Å²) in [7, 11) is 0. The third kappa shape index (κ3) is 6.52. The number of hydrogen-bond acceptors (Lipinski definition) is 3. The number of nitrogens with one attached hydrogen (secondary N) is 2. The van der Waals surface area contributed by atoms with Crippen molar-refractivity contribution in [3.63, 3.8) is 0 Å². The van der Waals surface area contributed by atoms with Crippen LogP contribution in [-0.2, 0) is 4.79 Å². The number of carbonyl (C=O) groups excluding carboxylic acids is 2. The second kappa shape index (κ2) is 11.2. The number of halogens is 3. The fourth-order valence-corrected chi connectivity index (χ4v) is 3.33. The van der Waals surface area contributed by atoms with Crippen molar-refractivity contribution >= 4 is 23.4 Å². The summed E-state index contributed by atoms with van der Waals surface area (Å²) in [4.78, 5) is 24.8. The molecule has 1 atom stereocenters. The van der Waals surface area contributed by atoms with Crippen LogP contribution in [0.25, 0.3) is 0 Å². The van der Waals surface area contributed by atoms with E-state index in [0.717, 1.165) is 5.56 Å². The quantitative estimate of drug-likeness (QED) is 0.476. The molecular formula is C24H21ClF2N2O3. The fraction of sp³-hybridized carbons (Fsp3) is 0.167. The van der Waals surface area contributed by atoms with Crippen molar-refractivity contribution < 1.29 is 23.1 Å². The largest absolute Gasteiger partial charge is 0.435 e. The number of alkyl halides is 2. The number of benzene rings is 3. The van der Waals surface area contributed by atoms with Crippen LogP contribution in [0.4, 0.5) is 8.78 Å². The van der Waals surface area contributed by atoms with Crippen LogP contribution >= 0.6 is 11.6 Å². The third-order valence-corrected chi connectivity index (χ3v) is 4.96. The molecule has 2 amide bonds. The molecule has 5 nitrogen and oxygen atoms in total.